The van der Waals surface area contributed by atoms with Crippen LogP contribution in [0, 0.1) is 5.82 Å². The number of rotatable bonds is 2. The van der Waals surface area contributed by atoms with E-state index in [4.69, 9.17) is 4.42 Å². The van der Waals surface area contributed by atoms with E-state index < -0.39 is 0 Å². The number of halogens is 1. The molecule has 0 fully saturated rings. The number of para-hydroxylation sites is 1. The van der Waals surface area contributed by atoms with E-state index in [-0.39, 0.29) is 5.82 Å². The molecule has 142 valence electrons. The number of pyridine rings is 1. The van der Waals surface area contributed by atoms with Crippen LogP contribution in [0.3, 0.4) is 0 Å². The summed E-state index contributed by atoms with van der Waals surface area (Å²) >= 11 is 0. The number of furan rings is 1. The quantitative estimate of drug-likeness (QED) is 0.305. The Labute approximate surface area is 172 Å². The lowest BCUT2D eigenvalue weighted by Gasteiger charge is -2.06. The number of benzene rings is 4. The molecule has 0 bridgehead atoms. The van der Waals surface area contributed by atoms with Gasteiger partial charge in [-0.25, -0.2) is 4.39 Å². The zero-order chi connectivity index (χ0) is 20.1. The zero-order valence-electron chi connectivity index (χ0n) is 16.0. The van der Waals surface area contributed by atoms with Crippen molar-refractivity contribution in [3.05, 3.63) is 103 Å². The van der Waals surface area contributed by atoms with E-state index in [0.29, 0.717) is 0 Å². The molecular formula is C27H16FNO. The van der Waals surface area contributed by atoms with Crippen molar-refractivity contribution in [3.8, 4) is 22.4 Å². The molecule has 0 aliphatic carbocycles. The third-order valence-electron chi connectivity index (χ3n) is 5.60. The number of hydrogen-bond acceptors (Lipinski definition) is 2. The van der Waals surface area contributed by atoms with Crippen LogP contribution in [-0.4, -0.2) is 4.98 Å². The van der Waals surface area contributed by atoms with Gasteiger partial charge in [0.25, 0.3) is 0 Å². The van der Waals surface area contributed by atoms with E-state index in [0.717, 1.165) is 55.1 Å². The summed E-state index contributed by atoms with van der Waals surface area (Å²) in [5, 5.41) is 4.43. The topological polar surface area (TPSA) is 26.0 Å². The van der Waals surface area contributed by atoms with E-state index >= 15 is 0 Å². The molecule has 0 saturated heterocycles. The van der Waals surface area contributed by atoms with Gasteiger partial charge in [0, 0.05) is 27.9 Å². The maximum atomic E-state index is 13.3. The molecule has 6 aromatic rings. The van der Waals surface area contributed by atoms with Crippen LogP contribution >= 0.6 is 0 Å². The van der Waals surface area contributed by atoms with E-state index in [9.17, 15) is 4.39 Å². The molecule has 3 heteroatoms. The average molecular weight is 389 g/mol. The molecule has 0 amide bonds. The monoisotopic (exact) mass is 389 g/mol. The van der Waals surface area contributed by atoms with Crippen molar-refractivity contribution >= 4 is 32.7 Å². The van der Waals surface area contributed by atoms with Gasteiger partial charge in [-0.15, -0.1) is 0 Å². The highest BCUT2D eigenvalue weighted by atomic mass is 19.1. The number of hydrogen-bond donors (Lipinski definition) is 0. The van der Waals surface area contributed by atoms with Gasteiger partial charge in [-0.3, -0.25) is 4.98 Å². The Balaban J connectivity index is 1.59. The Bertz CT molecular complexity index is 1550. The third kappa shape index (κ3) is 2.60. The molecular weight excluding hydrogens is 373 g/mol. The molecule has 0 atom stereocenters. The summed E-state index contributed by atoms with van der Waals surface area (Å²) in [7, 11) is 0. The Kier molecular flexibility index (Phi) is 3.68. The summed E-state index contributed by atoms with van der Waals surface area (Å²) in [4.78, 5) is 4.60. The van der Waals surface area contributed by atoms with Gasteiger partial charge in [-0.2, -0.15) is 0 Å². The fraction of sp³-hybridized carbons (Fsp3) is 0. The van der Waals surface area contributed by atoms with Crippen molar-refractivity contribution < 1.29 is 8.81 Å². The summed E-state index contributed by atoms with van der Waals surface area (Å²) in [5.74, 6) is -0.243. The molecule has 4 aromatic carbocycles. The van der Waals surface area contributed by atoms with Gasteiger partial charge in [-0.1, -0.05) is 54.6 Å². The van der Waals surface area contributed by atoms with Crippen molar-refractivity contribution in [2.45, 2.75) is 0 Å². The Morgan fingerprint density at radius 1 is 0.633 bits per heavy atom. The summed E-state index contributed by atoms with van der Waals surface area (Å²) in [6.07, 6.45) is 1.78. The van der Waals surface area contributed by atoms with Crippen LogP contribution < -0.4 is 0 Å². The van der Waals surface area contributed by atoms with Crippen LogP contribution in [0.25, 0.3) is 55.1 Å². The second kappa shape index (κ2) is 6.53. The molecule has 0 N–H and O–H groups in total. The van der Waals surface area contributed by atoms with Gasteiger partial charge < -0.3 is 4.42 Å². The largest absolute Gasteiger partial charge is 0.455 e. The molecule has 0 saturated carbocycles. The van der Waals surface area contributed by atoms with E-state index in [2.05, 4.69) is 35.3 Å². The van der Waals surface area contributed by atoms with Crippen LogP contribution in [0.15, 0.2) is 102 Å². The summed E-state index contributed by atoms with van der Waals surface area (Å²) < 4.78 is 19.7. The highest BCUT2D eigenvalue weighted by molar-refractivity contribution is 6.17. The lowest BCUT2D eigenvalue weighted by atomic mass is 10.0. The van der Waals surface area contributed by atoms with Gasteiger partial charge in [0.1, 0.15) is 17.0 Å². The van der Waals surface area contributed by atoms with Gasteiger partial charge in [-0.05, 0) is 52.9 Å². The molecule has 0 unspecified atom stereocenters. The van der Waals surface area contributed by atoms with Crippen LogP contribution in [0.5, 0.6) is 0 Å². The Morgan fingerprint density at radius 3 is 2.33 bits per heavy atom. The van der Waals surface area contributed by atoms with E-state index in [1.807, 2.05) is 36.4 Å². The molecule has 0 spiro atoms. The first-order chi connectivity index (χ1) is 14.8. The molecule has 0 aliphatic heterocycles. The van der Waals surface area contributed by atoms with Crippen LogP contribution in [0.1, 0.15) is 0 Å². The fourth-order valence-corrected chi connectivity index (χ4v) is 4.13. The molecule has 2 nitrogen and oxygen atoms in total. The SMILES string of the molecule is Fc1ccc(-c2ccnc(-c3cccc4c3oc3c5ccccc5ccc43)c2)cc1. The normalized spacial score (nSPS) is 11.5. The van der Waals surface area contributed by atoms with Crippen LogP contribution in [0.4, 0.5) is 4.39 Å². The lowest BCUT2D eigenvalue weighted by Crippen LogP contribution is -1.86. The Morgan fingerprint density at radius 2 is 1.43 bits per heavy atom. The van der Waals surface area contributed by atoms with Crippen molar-refractivity contribution in [1.29, 1.82) is 0 Å². The van der Waals surface area contributed by atoms with Gasteiger partial charge in [0.2, 0.25) is 0 Å². The molecule has 2 heterocycles. The maximum absolute atomic E-state index is 13.3. The minimum absolute atomic E-state index is 0.243. The second-order valence-corrected chi connectivity index (χ2v) is 7.38. The van der Waals surface area contributed by atoms with Crippen molar-refractivity contribution in [1.82, 2.24) is 4.98 Å². The molecule has 0 radical (unpaired) electrons. The average Bonchev–Trinajstić information content (AvgIpc) is 3.19. The molecule has 30 heavy (non-hydrogen) atoms. The minimum Gasteiger partial charge on any atom is -0.455 e. The first-order valence-corrected chi connectivity index (χ1v) is 9.83. The maximum Gasteiger partial charge on any atom is 0.144 e. The van der Waals surface area contributed by atoms with Gasteiger partial charge >= 0.3 is 0 Å². The van der Waals surface area contributed by atoms with Crippen molar-refractivity contribution in [3.63, 3.8) is 0 Å². The number of aromatic nitrogens is 1. The predicted molar refractivity (Wildman–Crippen MR) is 120 cm³/mol. The molecule has 0 aliphatic rings. The van der Waals surface area contributed by atoms with Crippen LogP contribution in [-0.2, 0) is 0 Å². The van der Waals surface area contributed by atoms with Crippen molar-refractivity contribution in [2.75, 3.05) is 0 Å². The summed E-state index contributed by atoms with van der Waals surface area (Å²) in [5.41, 5.74) is 5.42. The zero-order valence-corrected chi connectivity index (χ0v) is 16.0. The highest BCUT2D eigenvalue weighted by Crippen LogP contribution is 2.38. The smallest absolute Gasteiger partial charge is 0.144 e. The molecule has 2 aromatic heterocycles. The first kappa shape index (κ1) is 16.9. The van der Waals surface area contributed by atoms with Gasteiger partial charge in [0.05, 0.1) is 5.69 Å². The predicted octanol–water partition coefficient (Wildman–Crippen LogP) is 7.61. The standard InChI is InChI=1S/C27H16FNO/c28-20-11-8-17(9-12-20)19-14-15-29-25(16-19)24-7-3-6-22-23-13-10-18-4-1-2-5-21(18)26(23)30-27(22)24/h1-16H. The van der Waals surface area contributed by atoms with E-state index in [1.54, 1.807) is 18.3 Å². The number of fused-ring (bicyclic) bond motifs is 5. The summed E-state index contributed by atoms with van der Waals surface area (Å²) in [6, 6.07) is 29.1. The van der Waals surface area contributed by atoms with Crippen molar-refractivity contribution in [2.24, 2.45) is 0 Å². The van der Waals surface area contributed by atoms with Crippen LogP contribution in [0.2, 0.25) is 0 Å². The van der Waals surface area contributed by atoms with E-state index in [1.165, 1.54) is 12.1 Å². The highest BCUT2D eigenvalue weighted by Gasteiger charge is 2.15. The first-order valence-electron chi connectivity index (χ1n) is 9.83. The second-order valence-electron chi connectivity index (χ2n) is 7.38. The van der Waals surface area contributed by atoms with Gasteiger partial charge in [0.15, 0.2) is 0 Å². The number of nitrogens with zero attached hydrogens (tertiary/aromatic N) is 1. The fourth-order valence-electron chi connectivity index (χ4n) is 4.13. The third-order valence-corrected chi connectivity index (χ3v) is 5.60. The lowest BCUT2D eigenvalue weighted by molar-refractivity contribution is 0.628. The summed E-state index contributed by atoms with van der Waals surface area (Å²) in [6.45, 7) is 0. The molecule has 6 rings (SSSR count). The Hall–Kier alpha value is -3.98. The minimum atomic E-state index is -0.243.